The molecule has 0 radical (unpaired) electrons. The van der Waals surface area contributed by atoms with Crippen molar-refractivity contribution in [3.8, 4) is 101 Å². The molecule has 136 heavy (non-hydrogen) atoms. The number of pyridine rings is 1. The molecule has 0 spiro atoms. The van der Waals surface area contributed by atoms with Gasteiger partial charge in [-0.25, -0.2) is 33.1 Å². The molecule has 0 atom stereocenters. The lowest BCUT2D eigenvalue weighted by Gasteiger charge is -2.14. The summed E-state index contributed by atoms with van der Waals surface area (Å²) in [6, 6.07) is 69.4. The van der Waals surface area contributed by atoms with E-state index in [-0.39, 0.29) is 0 Å². The lowest BCUT2D eigenvalue weighted by molar-refractivity contribution is 0.660. The molecule has 0 amide bonds. The highest BCUT2D eigenvalue weighted by molar-refractivity contribution is 14.1. The second kappa shape index (κ2) is 40.3. The van der Waals surface area contributed by atoms with Gasteiger partial charge in [0.1, 0.15) is 60.6 Å². The summed E-state index contributed by atoms with van der Waals surface area (Å²) < 4.78 is 15.1. The zero-order chi connectivity index (χ0) is 93.8. The molecule has 22 aromatic rings. The Morgan fingerprint density at radius 2 is 0.721 bits per heavy atom. The third kappa shape index (κ3) is 18.3. The van der Waals surface area contributed by atoms with Crippen LogP contribution in [0.1, 0.15) is 43.5 Å². The molecule has 1 fully saturated rings. The molecule has 1 aliphatic carbocycles. The smallest absolute Gasteiger partial charge is 0.183 e. The number of aryl methyl sites for hydroxylation is 7. The third-order valence-electron chi connectivity index (χ3n) is 23.2. The fourth-order valence-corrected chi connectivity index (χ4v) is 19.2. The first-order valence-electron chi connectivity index (χ1n) is 43.1. The summed E-state index contributed by atoms with van der Waals surface area (Å²) in [4.78, 5) is 10.6. The maximum Gasteiger partial charge on any atom is 0.183 e. The van der Waals surface area contributed by atoms with E-state index in [9.17, 15) is 0 Å². The first-order chi connectivity index (χ1) is 66.3. The van der Waals surface area contributed by atoms with Gasteiger partial charge in [-0.05, 0) is 96.0 Å². The molecule has 2 aliphatic rings. The summed E-state index contributed by atoms with van der Waals surface area (Å²) >= 11 is 43.6. The van der Waals surface area contributed by atoms with Gasteiger partial charge in [0.2, 0.25) is 0 Å². The Morgan fingerprint density at radius 1 is 0.331 bits per heavy atom. The van der Waals surface area contributed by atoms with Crippen LogP contribution in [0.2, 0.25) is 30.1 Å². The number of hydrogen-bond donors (Lipinski definition) is 0. The van der Waals surface area contributed by atoms with E-state index in [4.69, 9.17) is 74.7 Å². The molecule has 0 unspecified atom stereocenters. The van der Waals surface area contributed by atoms with Gasteiger partial charge >= 0.3 is 0 Å². The van der Waals surface area contributed by atoms with Crippen LogP contribution in [0.4, 0.5) is 5.82 Å². The minimum atomic E-state index is 0.521. The van der Waals surface area contributed by atoms with Crippen LogP contribution in [0.15, 0.2) is 260 Å². The van der Waals surface area contributed by atoms with E-state index in [1.165, 1.54) is 18.4 Å². The van der Waals surface area contributed by atoms with Crippen LogP contribution in [0, 0.1) is 3.70 Å². The molecule has 24 rings (SSSR count). The van der Waals surface area contributed by atoms with Crippen LogP contribution >= 0.6 is 104 Å². The van der Waals surface area contributed by atoms with Gasteiger partial charge in [0, 0.05) is 131 Å². The van der Waals surface area contributed by atoms with Crippen molar-refractivity contribution in [2.45, 2.75) is 38.6 Å². The standard InChI is InChI=1S/C21H18ClN7.C17H12ClN5.C17H15ClN4.C16H16ClN5.C16H11ClN4S.C12H8ClIN4/c1-27-10-6-9-16(27)20-17-18(22)19(14-7-4-3-5-8-14)24-25-21(17)29(26-20)12-15-11-23-13-28(15)2;1-23-17-13(15(22-23)11-6-3-2-4-7-11)14(18)16(20-21-17)12-8-5-9-19-10-12;1-22-17-13(15(21-22)11-7-3-2-4-8-11)14(18)16(19-20-17)12-9-5-6-10-12;1-21-15-12(16(20-21)22-9-5-6-10-22)13(17)14(18-19-15)11-7-3-2-4-8-11;1-21-16-12(14(20-21)10-5-3-2-4-6-10)13(17)15(18-19-16)11-7-8-22-9-11;1-18-12-8(9(13)11(14)15-16-12)10(17-18)7-5-3-2-4-6-7/h3-11,13H,12H2,1-2H3;2-10H,1H3;2-4,7-9H,5-6,10H2,1H3;2-4,7-8H,5-6,9-10H2,1H3;2-9H,1H3;2-6H,1H3. The van der Waals surface area contributed by atoms with Crippen molar-refractivity contribution in [2.75, 3.05) is 18.0 Å². The number of benzene rings is 6. The number of anilines is 1. The molecule has 17 heterocycles. The van der Waals surface area contributed by atoms with Crippen molar-refractivity contribution >= 4 is 181 Å². The highest BCUT2D eigenvalue weighted by atomic mass is 127. The summed E-state index contributed by atoms with van der Waals surface area (Å²) in [6.45, 7) is 2.56. The molecule has 0 saturated carbocycles. The lowest BCUT2D eigenvalue weighted by atomic mass is 10.1. The summed E-state index contributed by atoms with van der Waals surface area (Å²) in [5.41, 5.74) is 22.6. The Hall–Kier alpha value is -14.0. The number of hydrogen-bond acceptors (Lipinski definition) is 22. The van der Waals surface area contributed by atoms with E-state index in [2.05, 4.69) is 130 Å². The van der Waals surface area contributed by atoms with Gasteiger partial charge in [0.05, 0.1) is 92.9 Å². The van der Waals surface area contributed by atoms with Crippen LogP contribution in [-0.2, 0) is 55.9 Å². The molecule has 676 valence electrons. The molecular weight excluding hydrogens is 1970 g/mol. The Bertz CT molecular complexity index is 8110. The highest BCUT2D eigenvalue weighted by Gasteiger charge is 2.30. The number of imidazole rings is 1. The van der Waals surface area contributed by atoms with Gasteiger partial charge in [-0.2, -0.15) is 41.9 Å². The first kappa shape index (κ1) is 91.1. The largest absolute Gasteiger partial charge is 0.355 e. The maximum atomic E-state index is 6.89. The monoisotopic (exact) mass is 2040 g/mol. The molecule has 6 aromatic carbocycles. The molecule has 0 bridgehead atoms. The average Bonchev–Trinajstić information content (AvgIpc) is 1.60. The van der Waals surface area contributed by atoms with Gasteiger partial charge in [0.25, 0.3) is 0 Å². The molecule has 1 aliphatic heterocycles. The van der Waals surface area contributed by atoms with Crippen LogP contribution in [0.25, 0.3) is 173 Å². The minimum absolute atomic E-state index is 0.521. The number of allylic oxidation sites excluding steroid dienone is 2. The lowest BCUT2D eigenvalue weighted by Crippen LogP contribution is -2.18. The van der Waals surface area contributed by atoms with Gasteiger partial charge in [-0.1, -0.05) is 258 Å². The number of fused-ring (bicyclic) bond motifs is 6. The number of halogens is 7. The van der Waals surface area contributed by atoms with Crippen LogP contribution < -0.4 is 4.90 Å². The van der Waals surface area contributed by atoms with Crippen molar-refractivity contribution < 1.29 is 0 Å². The zero-order valence-electron chi connectivity index (χ0n) is 74.0. The fourth-order valence-electron chi connectivity index (χ4n) is 16.4. The number of nitrogens with zero attached hydrogens (tertiary/aromatic N) is 29. The highest BCUT2D eigenvalue weighted by Crippen LogP contribution is 2.45. The van der Waals surface area contributed by atoms with E-state index in [0.29, 0.717) is 91.4 Å². The SMILES string of the molecule is Cn1cncc1Cn1nc(-c2cccn2C)c2c(Cl)c(-c3ccccc3)nnc21.Cn1nc(-c2ccccc2)c2c(Cl)c(-c3cccnc3)nnc21.Cn1nc(-c2ccccc2)c2c(Cl)c(-c3ccsc3)nnc21.Cn1nc(-c2ccccc2)c2c(Cl)c(C3=CCCC3)nnc21.Cn1nc(-c2ccccc2)c2c(Cl)c(I)nnc21.Cn1nc(N2CCCC2)c2c(Cl)c(-c3ccccc3)nnc21. The maximum absolute atomic E-state index is 6.89. The van der Waals surface area contributed by atoms with E-state index in [1.807, 2.05) is 299 Å². The van der Waals surface area contributed by atoms with Gasteiger partial charge in [-0.15, -0.1) is 61.2 Å². The second-order valence-corrected chi connectivity index (χ2v) is 36.0. The van der Waals surface area contributed by atoms with Crippen LogP contribution in [0.3, 0.4) is 0 Å². The predicted molar refractivity (Wildman–Crippen MR) is 549 cm³/mol. The van der Waals surface area contributed by atoms with Crippen molar-refractivity contribution in [3.63, 3.8) is 0 Å². The van der Waals surface area contributed by atoms with E-state index >= 15 is 0 Å². The number of rotatable bonds is 13. The Morgan fingerprint density at radius 3 is 1.13 bits per heavy atom. The van der Waals surface area contributed by atoms with Crippen molar-refractivity contribution in [1.29, 1.82) is 0 Å². The van der Waals surface area contributed by atoms with Crippen LogP contribution in [-0.4, -0.2) is 152 Å². The van der Waals surface area contributed by atoms with E-state index in [0.717, 1.165) is 166 Å². The topological polar surface area (TPSA) is 300 Å². The van der Waals surface area contributed by atoms with Crippen molar-refractivity contribution in [1.82, 2.24) is 139 Å². The molecule has 29 nitrogen and oxygen atoms in total. The Labute approximate surface area is 826 Å². The Kier molecular flexibility index (Phi) is 27.0. The fraction of sp³-hybridized carbons (Fsp3) is 0.152. The first-order valence-corrected chi connectivity index (χ1v) is 47.4. The minimum Gasteiger partial charge on any atom is -0.355 e. The third-order valence-corrected chi connectivity index (χ3v) is 27.1. The van der Waals surface area contributed by atoms with Crippen LogP contribution in [0.5, 0.6) is 0 Å². The Balaban J connectivity index is 0.000000105. The zero-order valence-corrected chi connectivity index (χ0v) is 81.5. The molecule has 16 aromatic heterocycles. The van der Waals surface area contributed by atoms with Crippen molar-refractivity contribution in [2.24, 2.45) is 49.3 Å². The number of thiophene rings is 1. The molecule has 1 saturated heterocycles. The van der Waals surface area contributed by atoms with Crippen molar-refractivity contribution in [3.05, 3.63) is 305 Å². The van der Waals surface area contributed by atoms with Gasteiger partial charge in [-0.3, -0.25) is 4.98 Å². The summed E-state index contributed by atoms with van der Waals surface area (Å²) in [6.07, 6.45) is 16.9. The summed E-state index contributed by atoms with van der Waals surface area (Å²) in [5, 5.41) is 92.0. The quantitative estimate of drug-likeness (QED) is 0.0968. The van der Waals surface area contributed by atoms with Gasteiger partial charge < -0.3 is 14.0 Å². The van der Waals surface area contributed by atoms with E-state index in [1.54, 1.807) is 53.5 Å². The molecular formula is C99H80Cl6IN29S. The predicted octanol–water partition coefficient (Wildman–Crippen LogP) is 22.9. The molecule has 37 heteroatoms. The molecule has 0 N–H and O–H groups in total. The number of aromatic nitrogens is 28. The van der Waals surface area contributed by atoms with E-state index < -0.39 is 0 Å². The summed E-state index contributed by atoms with van der Waals surface area (Å²) in [7, 11) is 13.2. The normalized spacial score (nSPS) is 12.3. The second-order valence-electron chi connectivity index (χ2n) is 31.9. The van der Waals surface area contributed by atoms with Gasteiger partial charge in [0.15, 0.2) is 39.7 Å². The summed E-state index contributed by atoms with van der Waals surface area (Å²) in [5.74, 6) is 0.923. The average molecular weight is 2050 g/mol.